The van der Waals surface area contributed by atoms with Gasteiger partial charge in [0, 0.05) is 5.56 Å². The van der Waals surface area contributed by atoms with E-state index in [1.807, 2.05) is 27.7 Å². The van der Waals surface area contributed by atoms with Crippen LogP contribution in [0.1, 0.15) is 64.4 Å². The molecule has 136 valence electrons. The van der Waals surface area contributed by atoms with Crippen molar-refractivity contribution in [3.63, 3.8) is 0 Å². The van der Waals surface area contributed by atoms with Crippen molar-refractivity contribution < 1.29 is 22.6 Å². The highest BCUT2D eigenvalue weighted by atomic mass is 19.4. The third-order valence-corrected chi connectivity index (χ3v) is 4.65. The average Bonchev–Trinajstić information content (AvgIpc) is 3.20. The molecular weight excluding hydrogens is 319 g/mol. The summed E-state index contributed by atoms with van der Waals surface area (Å²) in [6.07, 6.45) is -1.92. The predicted molar refractivity (Wildman–Crippen MR) is 86.4 cm³/mol. The van der Waals surface area contributed by atoms with E-state index in [9.17, 15) is 13.2 Å². The van der Waals surface area contributed by atoms with Gasteiger partial charge in [0.2, 0.25) is 0 Å². The largest absolute Gasteiger partial charge is 0.490 e. The van der Waals surface area contributed by atoms with Gasteiger partial charge in [-0.25, -0.2) is 0 Å². The standard InChI is InChI=1S/C16H20F3NO2.C2H6/c1-4-5-6-11-13-10(7-12(20-11)15(3)9-22-15)14(2,8-21-13)16(17,18)19;1-2/h7H,4-6,8-9H2,1-3H3;1-2H3. The van der Waals surface area contributed by atoms with Crippen molar-refractivity contribution in [3.8, 4) is 5.75 Å². The van der Waals surface area contributed by atoms with Crippen LogP contribution in [0.2, 0.25) is 0 Å². The zero-order chi connectivity index (χ0) is 18.2. The molecule has 2 atom stereocenters. The van der Waals surface area contributed by atoms with Gasteiger partial charge < -0.3 is 9.47 Å². The molecule has 1 saturated heterocycles. The van der Waals surface area contributed by atoms with Crippen LogP contribution in [0, 0.1) is 0 Å². The van der Waals surface area contributed by atoms with E-state index in [1.165, 1.54) is 13.0 Å². The van der Waals surface area contributed by atoms with Gasteiger partial charge in [-0.2, -0.15) is 13.2 Å². The summed E-state index contributed by atoms with van der Waals surface area (Å²) in [7, 11) is 0. The first-order valence-electron chi connectivity index (χ1n) is 8.59. The van der Waals surface area contributed by atoms with Crippen LogP contribution in [0.15, 0.2) is 6.07 Å². The van der Waals surface area contributed by atoms with Gasteiger partial charge in [0.25, 0.3) is 0 Å². The number of halogens is 3. The summed E-state index contributed by atoms with van der Waals surface area (Å²) in [6.45, 7) is 9.20. The van der Waals surface area contributed by atoms with E-state index < -0.39 is 17.2 Å². The summed E-state index contributed by atoms with van der Waals surface area (Å²) in [5.74, 6) is 0.321. The number of alkyl halides is 3. The lowest BCUT2D eigenvalue weighted by molar-refractivity contribution is -0.187. The Morgan fingerprint density at radius 3 is 2.33 bits per heavy atom. The minimum atomic E-state index is -4.36. The van der Waals surface area contributed by atoms with E-state index in [4.69, 9.17) is 9.47 Å². The van der Waals surface area contributed by atoms with E-state index in [0.717, 1.165) is 12.8 Å². The molecular formula is C18H26F3NO2. The van der Waals surface area contributed by atoms with Crippen LogP contribution in [0.5, 0.6) is 5.75 Å². The molecule has 0 spiro atoms. The molecule has 0 saturated carbocycles. The lowest BCUT2D eigenvalue weighted by Gasteiger charge is -2.26. The number of hydrogen-bond donors (Lipinski definition) is 0. The molecule has 1 aromatic heterocycles. The molecule has 3 rings (SSSR count). The van der Waals surface area contributed by atoms with Gasteiger partial charge in [-0.3, -0.25) is 4.98 Å². The zero-order valence-corrected chi connectivity index (χ0v) is 15.0. The van der Waals surface area contributed by atoms with E-state index in [1.54, 1.807) is 0 Å². The summed E-state index contributed by atoms with van der Waals surface area (Å²) in [4.78, 5) is 4.55. The van der Waals surface area contributed by atoms with Crippen molar-refractivity contribution in [2.45, 2.75) is 71.1 Å². The lowest BCUT2D eigenvalue weighted by Crippen LogP contribution is -2.41. The highest BCUT2D eigenvalue weighted by Gasteiger charge is 2.58. The van der Waals surface area contributed by atoms with Gasteiger partial charge in [-0.05, 0) is 32.8 Å². The summed E-state index contributed by atoms with van der Waals surface area (Å²) in [5.41, 5.74) is -1.12. The second kappa shape index (κ2) is 6.54. The number of aromatic nitrogens is 1. The Bertz CT molecular complexity index is 597. The van der Waals surface area contributed by atoms with Crippen molar-refractivity contribution in [1.82, 2.24) is 4.98 Å². The smallest absolute Gasteiger partial charge is 0.401 e. The molecule has 1 aromatic rings. The normalized spacial score (nSPS) is 27.8. The summed E-state index contributed by atoms with van der Waals surface area (Å²) in [5, 5.41) is 0. The summed E-state index contributed by atoms with van der Waals surface area (Å²) in [6, 6.07) is 1.53. The minimum absolute atomic E-state index is 0.202. The van der Waals surface area contributed by atoms with Crippen LogP contribution in [-0.2, 0) is 22.2 Å². The quantitative estimate of drug-likeness (QED) is 0.727. The number of aryl methyl sites for hydroxylation is 1. The van der Waals surface area contributed by atoms with Crippen molar-refractivity contribution in [2.75, 3.05) is 13.2 Å². The zero-order valence-electron chi connectivity index (χ0n) is 15.0. The fraction of sp³-hybridized carbons (Fsp3) is 0.722. The Labute approximate surface area is 141 Å². The maximum Gasteiger partial charge on any atom is 0.401 e. The Morgan fingerprint density at radius 2 is 1.83 bits per heavy atom. The SMILES string of the molecule is CC.CCCCc1nc(C2(C)CO2)cc2c1OCC2(C)C(F)(F)F. The average molecular weight is 345 g/mol. The topological polar surface area (TPSA) is 34.7 Å². The number of unbranched alkanes of at least 4 members (excludes halogenated alkanes) is 1. The van der Waals surface area contributed by atoms with Gasteiger partial charge in [-0.1, -0.05) is 27.2 Å². The predicted octanol–water partition coefficient (Wildman–Crippen LogP) is 4.91. The number of hydrogen-bond acceptors (Lipinski definition) is 3. The molecule has 2 unspecified atom stereocenters. The number of ether oxygens (including phenoxy) is 2. The Hall–Kier alpha value is -1.30. The van der Waals surface area contributed by atoms with Crippen LogP contribution in [-0.4, -0.2) is 24.4 Å². The minimum Gasteiger partial charge on any atom is -0.490 e. The highest BCUT2D eigenvalue weighted by molar-refractivity contribution is 5.49. The monoisotopic (exact) mass is 345 g/mol. The van der Waals surface area contributed by atoms with E-state index in [0.29, 0.717) is 30.2 Å². The Balaban J connectivity index is 0.00000100. The molecule has 0 aliphatic carbocycles. The first kappa shape index (κ1) is 19.0. The number of fused-ring (bicyclic) bond motifs is 1. The summed E-state index contributed by atoms with van der Waals surface area (Å²) < 4.78 is 51.4. The number of epoxide rings is 1. The third-order valence-electron chi connectivity index (χ3n) is 4.65. The van der Waals surface area contributed by atoms with Crippen LogP contribution in [0.4, 0.5) is 13.2 Å². The third kappa shape index (κ3) is 3.13. The van der Waals surface area contributed by atoms with Crippen molar-refractivity contribution in [2.24, 2.45) is 0 Å². The van der Waals surface area contributed by atoms with Gasteiger partial charge in [0.1, 0.15) is 23.4 Å². The first-order valence-corrected chi connectivity index (χ1v) is 8.59. The number of rotatable bonds is 4. The first-order chi connectivity index (χ1) is 11.2. The van der Waals surface area contributed by atoms with Gasteiger partial charge in [-0.15, -0.1) is 0 Å². The summed E-state index contributed by atoms with van der Waals surface area (Å²) >= 11 is 0. The van der Waals surface area contributed by atoms with Gasteiger partial charge >= 0.3 is 6.18 Å². The fourth-order valence-corrected chi connectivity index (χ4v) is 2.73. The molecule has 3 heterocycles. The maximum atomic E-state index is 13.5. The Morgan fingerprint density at radius 1 is 1.21 bits per heavy atom. The van der Waals surface area contributed by atoms with E-state index in [-0.39, 0.29) is 12.2 Å². The van der Waals surface area contributed by atoms with Crippen LogP contribution in [0.25, 0.3) is 0 Å². The van der Waals surface area contributed by atoms with Gasteiger partial charge in [0.05, 0.1) is 18.0 Å². The molecule has 0 N–H and O–H groups in total. The van der Waals surface area contributed by atoms with E-state index >= 15 is 0 Å². The fourth-order valence-electron chi connectivity index (χ4n) is 2.73. The maximum absolute atomic E-state index is 13.5. The highest BCUT2D eigenvalue weighted by Crippen LogP contribution is 2.51. The number of nitrogens with zero attached hydrogens (tertiary/aromatic N) is 1. The molecule has 1 fully saturated rings. The molecule has 3 nitrogen and oxygen atoms in total. The van der Waals surface area contributed by atoms with Crippen molar-refractivity contribution in [3.05, 3.63) is 23.0 Å². The van der Waals surface area contributed by atoms with E-state index in [2.05, 4.69) is 4.98 Å². The molecule has 2 aliphatic rings. The second-order valence-electron chi connectivity index (χ2n) is 6.57. The molecule has 0 bridgehead atoms. The lowest BCUT2D eigenvalue weighted by atomic mass is 9.82. The number of pyridine rings is 1. The Kier molecular flexibility index (Phi) is 5.19. The van der Waals surface area contributed by atoms with Crippen LogP contribution >= 0.6 is 0 Å². The van der Waals surface area contributed by atoms with Crippen molar-refractivity contribution >= 4 is 0 Å². The van der Waals surface area contributed by atoms with Crippen molar-refractivity contribution in [1.29, 1.82) is 0 Å². The van der Waals surface area contributed by atoms with Gasteiger partial charge in [0.15, 0.2) is 0 Å². The molecule has 24 heavy (non-hydrogen) atoms. The molecule has 6 heteroatoms. The van der Waals surface area contributed by atoms with Crippen LogP contribution in [0.3, 0.4) is 0 Å². The molecule has 2 aliphatic heterocycles. The molecule has 0 aromatic carbocycles. The molecule has 0 radical (unpaired) electrons. The van der Waals surface area contributed by atoms with Crippen LogP contribution < -0.4 is 4.74 Å². The second-order valence-corrected chi connectivity index (χ2v) is 6.57. The molecule has 0 amide bonds.